The second-order valence-electron chi connectivity index (χ2n) is 3.17. The number of anilines is 1. The van der Waals surface area contributed by atoms with E-state index in [0.29, 0.717) is 15.9 Å². The highest BCUT2D eigenvalue weighted by Gasteiger charge is 2.12. The molecule has 0 saturated heterocycles. The lowest BCUT2D eigenvalue weighted by atomic mass is 10.1. The van der Waals surface area contributed by atoms with E-state index in [1.165, 1.54) is 7.11 Å². The first-order valence-corrected chi connectivity index (χ1v) is 5.25. The molecule has 0 saturated carbocycles. The smallest absolute Gasteiger partial charge is 0.179 e. The van der Waals surface area contributed by atoms with Gasteiger partial charge < -0.3 is 10.5 Å². The van der Waals surface area contributed by atoms with Crippen molar-refractivity contribution < 1.29 is 9.13 Å². The maximum Gasteiger partial charge on any atom is 0.179 e. The first kappa shape index (κ1) is 10.9. The number of rotatable bonds is 2. The molecule has 4 nitrogen and oxygen atoms in total. The summed E-state index contributed by atoms with van der Waals surface area (Å²) in [5.41, 5.74) is 7.12. The summed E-state index contributed by atoms with van der Waals surface area (Å²) in [4.78, 5) is 0. The zero-order valence-corrected chi connectivity index (χ0v) is 10.0. The number of nitrogens with zero attached hydrogens (tertiary/aromatic N) is 1. The van der Waals surface area contributed by atoms with E-state index >= 15 is 0 Å². The molecule has 0 bridgehead atoms. The summed E-state index contributed by atoms with van der Waals surface area (Å²) in [6.45, 7) is 0. The SMILES string of the molecule is COc1cc(-c2cn[nH]c2N)cc(Br)c1F. The predicted octanol–water partition coefficient (Wildman–Crippen LogP) is 2.57. The van der Waals surface area contributed by atoms with Gasteiger partial charge in [0.15, 0.2) is 11.6 Å². The van der Waals surface area contributed by atoms with Crippen LogP contribution >= 0.6 is 15.9 Å². The van der Waals surface area contributed by atoms with Crippen LogP contribution in [0.5, 0.6) is 5.75 Å². The van der Waals surface area contributed by atoms with Gasteiger partial charge in [-0.05, 0) is 33.6 Å². The summed E-state index contributed by atoms with van der Waals surface area (Å²) in [5.74, 6) is 0.152. The van der Waals surface area contributed by atoms with Crippen molar-refractivity contribution in [1.29, 1.82) is 0 Å². The third kappa shape index (κ3) is 1.76. The van der Waals surface area contributed by atoms with E-state index in [1.54, 1.807) is 18.3 Å². The predicted molar refractivity (Wildman–Crippen MR) is 62.6 cm³/mol. The monoisotopic (exact) mass is 285 g/mol. The summed E-state index contributed by atoms with van der Waals surface area (Å²) in [6, 6.07) is 3.19. The van der Waals surface area contributed by atoms with Gasteiger partial charge in [0.1, 0.15) is 5.82 Å². The number of hydrogen-bond acceptors (Lipinski definition) is 3. The first-order chi connectivity index (χ1) is 7.63. The molecule has 3 N–H and O–H groups in total. The Morgan fingerprint density at radius 2 is 2.25 bits per heavy atom. The van der Waals surface area contributed by atoms with E-state index in [1.807, 2.05) is 0 Å². The zero-order valence-electron chi connectivity index (χ0n) is 8.42. The minimum Gasteiger partial charge on any atom is -0.494 e. The van der Waals surface area contributed by atoms with Gasteiger partial charge in [0.05, 0.1) is 17.8 Å². The normalized spacial score (nSPS) is 10.4. The van der Waals surface area contributed by atoms with Crippen LogP contribution in [0.15, 0.2) is 22.8 Å². The Labute approximate surface area is 99.7 Å². The Bertz CT molecular complexity index is 527. The molecule has 0 aliphatic heterocycles. The minimum absolute atomic E-state index is 0.157. The molecule has 0 aliphatic rings. The van der Waals surface area contributed by atoms with Crippen LogP contribution in [-0.2, 0) is 0 Å². The Morgan fingerprint density at radius 1 is 1.50 bits per heavy atom. The molecule has 0 unspecified atom stereocenters. The lowest BCUT2D eigenvalue weighted by molar-refractivity contribution is 0.385. The van der Waals surface area contributed by atoms with Crippen LogP contribution in [0.3, 0.4) is 0 Å². The van der Waals surface area contributed by atoms with Gasteiger partial charge in [-0.25, -0.2) is 4.39 Å². The fraction of sp³-hybridized carbons (Fsp3) is 0.100. The number of nitrogens with one attached hydrogen (secondary N) is 1. The average Bonchev–Trinajstić information content (AvgIpc) is 2.68. The van der Waals surface area contributed by atoms with Gasteiger partial charge in [0.2, 0.25) is 0 Å². The highest BCUT2D eigenvalue weighted by Crippen LogP contribution is 2.33. The van der Waals surface area contributed by atoms with Crippen LogP contribution < -0.4 is 10.5 Å². The number of hydrogen-bond donors (Lipinski definition) is 2. The number of aromatic amines is 1. The first-order valence-electron chi connectivity index (χ1n) is 4.45. The van der Waals surface area contributed by atoms with E-state index in [9.17, 15) is 4.39 Å². The van der Waals surface area contributed by atoms with Crippen molar-refractivity contribution in [3.05, 3.63) is 28.6 Å². The molecule has 2 aromatic rings. The highest BCUT2D eigenvalue weighted by molar-refractivity contribution is 9.10. The molecule has 0 aliphatic carbocycles. The fourth-order valence-electron chi connectivity index (χ4n) is 1.39. The van der Waals surface area contributed by atoms with Crippen LogP contribution in [-0.4, -0.2) is 17.3 Å². The van der Waals surface area contributed by atoms with Crippen molar-refractivity contribution in [2.24, 2.45) is 0 Å². The van der Waals surface area contributed by atoms with Gasteiger partial charge in [-0.2, -0.15) is 5.10 Å². The number of H-pyrrole nitrogens is 1. The Kier molecular flexibility index (Phi) is 2.82. The van der Waals surface area contributed by atoms with Crippen LogP contribution in [0.1, 0.15) is 0 Å². The lowest BCUT2D eigenvalue weighted by Crippen LogP contribution is -1.92. The van der Waals surface area contributed by atoms with Gasteiger partial charge in [-0.1, -0.05) is 0 Å². The molecule has 1 aromatic carbocycles. The highest BCUT2D eigenvalue weighted by atomic mass is 79.9. The largest absolute Gasteiger partial charge is 0.494 e. The molecular weight excluding hydrogens is 277 g/mol. The maximum atomic E-state index is 13.5. The number of halogens is 2. The van der Waals surface area contributed by atoms with Gasteiger partial charge in [0.25, 0.3) is 0 Å². The van der Waals surface area contributed by atoms with Crippen molar-refractivity contribution in [3.8, 4) is 16.9 Å². The van der Waals surface area contributed by atoms with E-state index in [-0.39, 0.29) is 5.75 Å². The standard InChI is InChI=1S/C10H9BrFN3O/c1-16-8-3-5(2-7(11)9(8)12)6-4-14-15-10(6)13/h2-4H,1H3,(H3,13,14,15). The minimum atomic E-state index is -0.437. The Morgan fingerprint density at radius 3 is 2.81 bits per heavy atom. The lowest BCUT2D eigenvalue weighted by Gasteiger charge is -2.07. The summed E-state index contributed by atoms with van der Waals surface area (Å²) in [7, 11) is 1.41. The molecule has 0 fully saturated rings. The average molecular weight is 286 g/mol. The number of nitrogen functional groups attached to an aromatic ring is 1. The number of methoxy groups -OCH3 is 1. The second kappa shape index (κ2) is 4.13. The molecule has 0 radical (unpaired) electrons. The zero-order chi connectivity index (χ0) is 11.7. The molecule has 0 spiro atoms. The van der Waals surface area contributed by atoms with Crippen LogP contribution in [0.4, 0.5) is 10.2 Å². The molecule has 16 heavy (non-hydrogen) atoms. The van der Waals surface area contributed by atoms with Crippen molar-refractivity contribution in [3.63, 3.8) is 0 Å². The number of nitrogens with two attached hydrogens (primary N) is 1. The van der Waals surface area contributed by atoms with Gasteiger partial charge in [0, 0.05) is 5.56 Å². The van der Waals surface area contributed by atoms with Gasteiger partial charge in [-0.15, -0.1) is 0 Å². The Hall–Kier alpha value is -1.56. The van der Waals surface area contributed by atoms with E-state index in [2.05, 4.69) is 26.1 Å². The maximum absolute atomic E-state index is 13.5. The summed E-state index contributed by atoms with van der Waals surface area (Å²) < 4.78 is 18.7. The summed E-state index contributed by atoms with van der Waals surface area (Å²) in [6.07, 6.45) is 1.58. The molecule has 6 heteroatoms. The van der Waals surface area contributed by atoms with E-state index in [4.69, 9.17) is 10.5 Å². The molecule has 0 atom stereocenters. The fourth-order valence-corrected chi connectivity index (χ4v) is 1.84. The molecule has 0 amide bonds. The third-order valence-electron chi connectivity index (χ3n) is 2.19. The number of ether oxygens (including phenoxy) is 1. The van der Waals surface area contributed by atoms with Crippen molar-refractivity contribution in [1.82, 2.24) is 10.2 Å². The quantitative estimate of drug-likeness (QED) is 0.891. The summed E-state index contributed by atoms with van der Waals surface area (Å²) >= 11 is 3.12. The Balaban J connectivity index is 2.59. The molecular formula is C10H9BrFN3O. The molecule has 84 valence electrons. The number of benzene rings is 1. The summed E-state index contributed by atoms with van der Waals surface area (Å²) in [5, 5.41) is 6.42. The van der Waals surface area contributed by atoms with E-state index in [0.717, 1.165) is 5.56 Å². The molecule has 1 aromatic heterocycles. The number of aromatic nitrogens is 2. The van der Waals surface area contributed by atoms with Crippen molar-refractivity contribution in [2.45, 2.75) is 0 Å². The van der Waals surface area contributed by atoms with Gasteiger partial charge >= 0.3 is 0 Å². The van der Waals surface area contributed by atoms with Crippen molar-refractivity contribution >= 4 is 21.7 Å². The second-order valence-corrected chi connectivity index (χ2v) is 4.03. The third-order valence-corrected chi connectivity index (χ3v) is 2.77. The van der Waals surface area contributed by atoms with Crippen LogP contribution in [0.2, 0.25) is 0 Å². The van der Waals surface area contributed by atoms with Crippen LogP contribution in [0.25, 0.3) is 11.1 Å². The van der Waals surface area contributed by atoms with Gasteiger partial charge in [-0.3, -0.25) is 5.10 Å². The topological polar surface area (TPSA) is 63.9 Å². The van der Waals surface area contributed by atoms with Crippen molar-refractivity contribution in [2.75, 3.05) is 12.8 Å². The molecule has 2 rings (SSSR count). The van der Waals surface area contributed by atoms with E-state index < -0.39 is 5.82 Å². The molecule has 1 heterocycles. The van der Waals surface area contributed by atoms with Crippen LogP contribution in [0, 0.1) is 5.82 Å².